The van der Waals surface area contributed by atoms with Crippen molar-refractivity contribution in [3.63, 3.8) is 0 Å². The molecule has 142 valence electrons. The van der Waals surface area contributed by atoms with Crippen LogP contribution in [0.25, 0.3) is 0 Å². The maximum Gasteiger partial charge on any atom is 0.416 e. The van der Waals surface area contributed by atoms with Crippen LogP contribution in [-0.4, -0.2) is 37.3 Å². The van der Waals surface area contributed by atoms with Crippen LogP contribution in [-0.2, 0) is 12.4 Å². The van der Waals surface area contributed by atoms with Crippen molar-refractivity contribution in [2.75, 3.05) is 26.2 Å². The van der Waals surface area contributed by atoms with Gasteiger partial charge in [-0.3, -0.25) is 4.90 Å². The number of halogens is 9. The lowest BCUT2D eigenvalue weighted by molar-refractivity contribution is -0.190. The molecule has 1 aliphatic heterocycles. The molecule has 1 saturated heterocycles. The van der Waals surface area contributed by atoms with Crippen LogP contribution in [0.4, 0.5) is 39.5 Å². The first kappa shape index (κ1) is 19.8. The molecule has 0 amide bonds. The summed E-state index contributed by atoms with van der Waals surface area (Å²) in [7, 11) is 0. The van der Waals surface area contributed by atoms with Crippen LogP contribution in [0.5, 0.6) is 0 Å². The van der Waals surface area contributed by atoms with Gasteiger partial charge in [-0.05, 0) is 17.7 Å². The predicted octanol–water partition coefficient (Wildman–Crippen LogP) is 4.23. The normalized spacial score (nSPS) is 19.1. The van der Waals surface area contributed by atoms with E-state index in [-0.39, 0.29) is 44.4 Å². The molecule has 2 nitrogen and oxygen atoms in total. The summed E-state index contributed by atoms with van der Waals surface area (Å²) in [5.74, 6) is 0. The first-order valence-electron chi connectivity index (χ1n) is 7.11. The first-order valence-corrected chi connectivity index (χ1v) is 7.11. The molecule has 1 aliphatic rings. The summed E-state index contributed by atoms with van der Waals surface area (Å²) in [6.07, 6.45) is -15.5. The topological polar surface area (TPSA) is 15.3 Å². The van der Waals surface area contributed by atoms with Crippen molar-refractivity contribution < 1.29 is 39.5 Å². The van der Waals surface area contributed by atoms with E-state index in [1.165, 1.54) is 0 Å². The molecular formula is C14H13F9N2. The van der Waals surface area contributed by atoms with Crippen molar-refractivity contribution in [2.45, 2.75) is 24.6 Å². The molecule has 1 aromatic carbocycles. The lowest BCUT2D eigenvalue weighted by Gasteiger charge is -2.37. The Kier molecular flexibility index (Phi) is 5.29. The Balaban J connectivity index is 2.60. The number of piperazine rings is 1. The molecule has 1 heterocycles. The molecule has 1 atom stereocenters. The van der Waals surface area contributed by atoms with Gasteiger partial charge in [0.15, 0.2) is 0 Å². The molecular weight excluding hydrogens is 367 g/mol. The monoisotopic (exact) mass is 380 g/mol. The minimum atomic E-state index is -5.35. The van der Waals surface area contributed by atoms with Crippen LogP contribution in [0, 0.1) is 0 Å². The van der Waals surface area contributed by atoms with Gasteiger partial charge in [0, 0.05) is 26.2 Å². The Labute approximate surface area is 136 Å². The van der Waals surface area contributed by atoms with Gasteiger partial charge in [0.25, 0.3) is 0 Å². The minimum Gasteiger partial charge on any atom is -0.314 e. The summed E-state index contributed by atoms with van der Waals surface area (Å²) in [6.45, 7) is -0.0892. The number of nitrogens with zero attached hydrogens (tertiary/aromatic N) is 1. The highest BCUT2D eigenvalue weighted by atomic mass is 19.4. The first-order chi connectivity index (χ1) is 11.3. The second kappa shape index (κ2) is 6.67. The minimum absolute atomic E-state index is 0.133. The summed E-state index contributed by atoms with van der Waals surface area (Å²) < 4.78 is 118. The lowest BCUT2D eigenvalue weighted by Crippen LogP contribution is -2.49. The highest BCUT2D eigenvalue weighted by Crippen LogP contribution is 2.45. The van der Waals surface area contributed by atoms with E-state index in [1.54, 1.807) is 0 Å². The Morgan fingerprint density at radius 3 is 1.84 bits per heavy atom. The maximum atomic E-state index is 13.4. The smallest absolute Gasteiger partial charge is 0.314 e. The van der Waals surface area contributed by atoms with E-state index in [0.29, 0.717) is 0 Å². The summed E-state index contributed by atoms with van der Waals surface area (Å²) in [6, 6.07) is -2.39. The second-order valence-electron chi connectivity index (χ2n) is 5.53. The van der Waals surface area contributed by atoms with Gasteiger partial charge in [0.2, 0.25) is 0 Å². The fourth-order valence-electron chi connectivity index (χ4n) is 2.74. The van der Waals surface area contributed by atoms with Crippen molar-refractivity contribution in [3.8, 4) is 0 Å². The number of hydrogen-bond donors (Lipinski definition) is 1. The zero-order chi connectivity index (χ0) is 19.0. The lowest BCUT2D eigenvalue weighted by atomic mass is 9.95. The molecule has 0 radical (unpaired) electrons. The van der Waals surface area contributed by atoms with E-state index in [2.05, 4.69) is 5.32 Å². The standard InChI is InChI=1S/C14H13F9N2/c15-12(16,17)8-1-2-9(10(7-8)13(18,19)20)11(14(21,22)23)25-5-3-24-4-6-25/h1-2,7,11,24H,3-6H2/t11-/m1/s1. The summed E-state index contributed by atoms with van der Waals surface area (Å²) in [5.41, 5.74) is -4.80. The van der Waals surface area contributed by atoms with E-state index in [0.717, 1.165) is 4.90 Å². The third-order valence-electron chi connectivity index (χ3n) is 3.81. The van der Waals surface area contributed by atoms with Crippen LogP contribution >= 0.6 is 0 Å². The maximum absolute atomic E-state index is 13.4. The molecule has 1 N–H and O–H groups in total. The zero-order valence-electron chi connectivity index (χ0n) is 12.5. The Morgan fingerprint density at radius 1 is 0.840 bits per heavy atom. The quantitative estimate of drug-likeness (QED) is 0.773. The average molecular weight is 380 g/mol. The van der Waals surface area contributed by atoms with Crippen molar-refractivity contribution in [3.05, 3.63) is 34.9 Å². The SMILES string of the molecule is FC(F)(F)c1ccc([C@@H](N2CCNCC2)C(F)(F)F)c(C(F)(F)F)c1. The highest BCUT2D eigenvalue weighted by molar-refractivity contribution is 5.38. The molecule has 0 aliphatic carbocycles. The van der Waals surface area contributed by atoms with Crippen molar-refractivity contribution in [1.82, 2.24) is 10.2 Å². The number of rotatable bonds is 2. The molecule has 0 spiro atoms. The van der Waals surface area contributed by atoms with E-state index < -0.39 is 41.3 Å². The van der Waals surface area contributed by atoms with Crippen LogP contribution in [0.2, 0.25) is 0 Å². The number of benzene rings is 1. The Bertz CT molecular complexity index is 598. The van der Waals surface area contributed by atoms with Gasteiger partial charge in [0.1, 0.15) is 6.04 Å². The molecule has 0 aromatic heterocycles. The molecule has 2 rings (SSSR count). The van der Waals surface area contributed by atoms with Gasteiger partial charge >= 0.3 is 18.5 Å². The second-order valence-corrected chi connectivity index (χ2v) is 5.53. The van der Waals surface area contributed by atoms with Gasteiger partial charge in [-0.15, -0.1) is 0 Å². The van der Waals surface area contributed by atoms with Crippen molar-refractivity contribution in [2.24, 2.45) is 0 Å². The molecule has 0 saturated carbocycles. The predicted molar refractivity (Wildman–Crippen MR) is 69.7 cm³/mol. The van der Waals surface area contributed by atoms with Gasteiger partial charge in [-0.2, -0.15) is 39.5 Å². The number of alkyl halides is 9. The van der Waals surface area contributed by atoms with Crippen LogP contribution in [0.1, 0.15) is 22.7 Å². The van der Waals surface area contributed by atoms with Crippen LogP contribution in [0.15, 0.2) is 18.2 Å². The van der Waals surface area contributed by atoms with Gasteiger partial charge in [0.05, 0.1) is 11.1 Å². The summed E-state index contributed by atoms with van der Waals surface area (Å²) in [5, 5.41) is 2.77. The summed E-state index contributed by atoms with van der Waals surface area (Å²) in [4.78, 5) is 0.786. The van der Waals surface area contributed by atoms with Crippen molar-refractivity contribution >= 4 is 0 Å². The molecule has 0 unspecified atom stereocenters. The van der Waals surface area contributed by atoms with Gasteiger partial charge in [-0.1, -0.05) is 6.07 Å². The van der Waals surface area contributed by atoms with E-state index in [1.807, 2.05) is 0 Å². The van der Waals surface area contributed by atoms with Gasteiger partial charge in [-0.25, -0.2) is 0 Å². The van der Waals surface area contributed by atoms with Gasteiger partial charge < -0.3 is 5.32 Å². The third-order valence-corrected chi connectivity index (χ3v) is 3.81. The molecule has 11 heteroatoms. The highest BCUT2D eigenvalue weighted by Gasteiger charge is 2.49. The van der Waals surface area contributed by atoms with E-state index in [4.69, 9.17) is 0 Å². The third kappa shape index (κ3) is 4.57. The molecule has 1 fully saturated rings. The van der Waals surface area contributed by atoms with Crippen LogP contribution in [0.3, 0.4) is 0 Å². The zero-order valence-corrected chi connectivity index (χ0v) is 12.5. The Hall–Kier alpha value is -1.49. The molecule has 0 bridgehead atoms. The number of nitrogens with one attached hydrogen (secondary N) is 1. The van der Waals surface area contributed by atoms with Crippen LogP contribution < -0.4 is 5.32 Å². The Morgan fingerprint density at radius 2 is 1.40 bits per heavy atom. The number of hydrogen-bond acceptors (Lipinski definition) is 2. The fraction of sp³-hybridized carbons (Fsp3) is 0.571. The average Bonchev–Trinajstić information content (AvgIpc) is 2.45. The summed E-state index contributed by atoms with van der Waals surface area (Å²) >= 11 is 0. The molecule has 1 aromatic rings. The fourth-order valence-corrected chi connectivity index (χ4v) is 2.74. The van der Waals surface area contributed by atoms with E-state index in [9.17, 15) is 39.5 Å². The van der Waals surface area contributed by atoms with Crippen molar-refractivity contribution in [1.29, 1.82) is 0 Å². The molecule has 25 heavy (non-hydrogen) atoms. The largest absolute Gasteiger partial charge is 0.416 e. The van der Waals surface area contributed by atoms with E-state index >= 15 is 0 Å².